The van der Waals surface area contributed by atoms with E-state index in [-0.39, 0.29) is 5.78 Å². The van der Waals surface area contributed by atoms with E-state index in [1.54, 1.807) is 6.92 Å². The van der Waals surface area contributed by atoms with Crippen molar-refractivity contribution in [1.82, 2.24) is 9.38 Å². The van der Waals surface area contributed by atoms with E-state index >= 15 is 0 Å². The van der Waals surface area contributed by atoms with E-state index in [2.05, 4.69) is 9.38 Å². The summed E-state index contributed by atoms with van der Waals surface area (Å²) < 4.78 is 2.09. The van der Waals surface area contributed by atoms with Crippen LogP contribution in [0.3, 0.4) is 0 Å². The number of nitrogens with zero attached hydrogens (tertiary/aromatic N) is 2. The molecule has 0 amide bonds. The largest absolute Gasteiger partial charge is 0.303 e. The number of pyridine rings is 1. The quantitative estimate of drug-likeness (QED) is 0.720. The Bertz CT molecular complexity index is 579. The van der Waals surface area contributed by atoms with E-state index in [0.29, 0.717) is 5.92 Å². The van der Waals surface area contributed by atoms with Crippen LogP contribution in [-0.4, -0.2) is 15.2 Å². The summed E-state index contributed by atoms with van der Waals surface area (Å²) in [6, 6.07) is 3.87. The fraction of sp³-hybridized carbons (Fsp3) is 0.385. The number of ketones is 1. The van der Waals surface area contributed by atoms with Crippen molar-refractivity contribution in [3.63, 3.8) is 0 Å². The molecule has 0 radical (unpaired) electrons. The highest BCUT2D eigenvalue weighted by Gasteiger charge is 2.28. The highest BCUT2D eigenvalue weighted by molar-refractivity contribution is 5.94. The molecule has 3 nitrogen and oxygen atoms in total. The van der Waals surface area contributed by atoms with Crippen LogP contribution in [0.2, 0.25) is 0 Å². The molecule has 2 aromatic rings. The van der Waals surface area contributed by atoms with Crippen LogP contribution in [0.25, 0.3) is 5.52 Å². The topological polar surface area (TPSA) is 34.4 Å². The van der Waals surface area contributed by atoms with Crippen LogP contribution in [0.1, 0.15) is 47.6 Å². The van der Waals surface area contributed by atoms with Crippen molar-refractivity contribution in [3.8, 4) is 0 Å². The molecule has 1 aliphatic rings. The fourth-order valence-electron chi connectivity index (χ4n) is 2.11. The van der Waals surface area contributed by atoms with Gasteiger partial charge in [-0.2, -0.15) is 0 Å². The highest BCUT2D eigenvalue weighted by atomic mass is 16.1. The lowest BCUT2D eigenvalue weighted by Crippen LogP contribution is -1.98. The second-order valence-corrected chi connectivity index (χ2v) is 4.56. The summed E-state index contributed by atoms with van der Waals surface area (Å²) in [5.41, 5.74) is 2.93. The molecule has 3 rings (SSSR count). The van der Waals surface area contributed by atoms with E-state index in [9.17, 15) is 4.79 Å². The van der Waals surface area contributed by atoms with Gasteiger partial charge in [-0.3, -0.25) is 4.79 Å². The number of aromatic nitrogens is 2. The molecule has 2 aromatic heterocycles. The predicted octanol–water partition coefficient (Wildman–Crippen LogP) is 2.72. The molecule has 0 atom stereocenters. The van der Waals surface area contributed by atoms with E-state index in [1.807, 2.05) is 25.3 Å². The van der Waals surface area contributed by atoms with Crippen molar-refractivity contribution in [2.24, 2.45) is 0 Å². The van der Waals surface area contributed by atoms with Crippen molar-refractivity contribution >= 4 is 11.3 Å². The number of hydrogen-bond donors (Lipinski definition) is 0. The van der Waals surface area contributed by atoms with Gasteiger partial charge in [0.15, 0.2) is 5.78 Å². The average Bonchev–Trinajstić information content (AvgIpc) is 3.04. The first-order chi connectivity index (χ1) is 7.66. The summed E-state index contributed by atoms with van der Waals surface area (Å²) in [6.07, 6.45) is 4.37. The SMILES string of the molecule is CC(=O)c1ccc2c(C)nc(C3CC3)n2c1. The van der Waals surface area contributed by atoms with Gasteiger partial charge in [0.2, 0.25) is 0 Å². The minimum Gasteiger partial charge on any atom is -0.303 e. The standard InChI is InChI=1S/C13H14N2O/c1-8-12-6-5-11(9(2)16)7-15(12)13(14-8)10-3-4-10/h5-7,10H,3-4H2,1-2H3. The second kappa shape index (κ2) is 3.17. The van der Waals surface area contributed by atoms with E-state index in [1.165, 1.54) is 12.8 Å². The minimum absolute atomic E-state index is 0.106. The Kier molecular flexibility index (Phi) is 1.90. The van der Waals surface area contributed by atoms with Crippen molar-refractivity contribution in [2.75, 3.05) is 0 Å². The van der Waals surface area contributed by atoms with Crippen LogP contribution >= 0.6 is 0 Å². The molecule has 0 bridgehead atoms. The molecule has 1 fully saturated rings. The Balaban J connectivity index is 2.26. The summed E-state index contributed by atoms with van der Waals surface area (Å²) in [5.74, 6) is 1.83. The normalized spacial score (nSPS) is 15.6. The fourth-order valence-corrected chi connectivity index (χ4v) is 2.11. The molecule has 1 saturated carbocycles. The van der Waals surface area contributed by atoms with Crippen molar-refractivity contribution in [2.45, 2.75) is 32.6 Å². The Morgan fingerprint density at radius 3 is 2.81 bits per heavy atom. The predicted molar refractivity (Wildman–Crippen MR) is 61.9 cm³/mol. The van der Waals surface area contributed by atoms with Gasteiger partial charge in [-0.15, -0.1) is 0 Å². The summed E-state index contributed by atoms with van der Waals surface area (Å²) in [6.45, 7) is 3.62. The molecular weight excluding hydrogens is 200 g/mol. The van der Waals surface area contributed by atoms with Crippen molar-refractivity contribution in [3.05, 3.63) is 35.4 Å². The molecule has 0 unspecified atom stereocenters. The first-order valence-corrected chi connectivity index (χ1v) is 5.66. The van der Waals surface area contributed by atoms with Gasteiger partial charge in [0.1, 0.15) is 5.82 Å². The molecule has 0 aliphatic heterocycles. The zero-order valence-electron chi connectivity index (χ0n) is 9.53. The van der Waals surface area contributed by atoms with Crippen LogP contribution in [0.4, 0.5) is 0 Å². The first-order valence-electron chi connectivity index (χ1n) is 5.66. The van der Waals surface area contributed by atoms with Gasteiger partial charge in [-0.05, 0) is 38.8 Å². The average molecular weight is 214 g/mol. The van der Waals surface area contributed by atoms with Gasteiger partial charge in [0, 0.05) is 17.7 Å². The molecule has 16 heavy (non-hydrogen) atoms. The molecular formula is C13H14N2O. The van der Waals surface area contributed by atoms with Crippen LogP contribution < -0.4 is 0 Å². The summed E-state index contributed by atoms with van der Waals surface area (Å²) in [4.78, 5) is 16.0. The Morgan fingerprint density at radius 1 is 1.44 bits per heavy atom. The minimum atomic E-state index is 0.106. The molecule has 0 spiro atoms. The third kappa shape index (κ3) is 1.35. The number of aryl methyl sites for hydroxylation is 1. The number of imidazole rings is 1. The smallest absolute Gasteiger partial charge is 0.161 e. The number of Topliss-reactive ketones (excluding diaryl/α,β-unsaturated/α-hetero) is 1. The van der Waals surface area contributed by atoms with Crippen LogP contribution in [0, 0.1) is 6.92 Å². The number of carbonyl (C=O) groups excluding carboxylic acids is 1. The molecule has 0 saturated heterocycles. The number of fused-ring (bicyclic) bond motifs is 1. The monoisotopic (exact) mass is 214 g/mol. The molecule has 2 heterocycles. The third-order valence-electron chi connectivity index (χ3n) is 3.20. The van der Waals surface area contributed by atoms with Gasteiger partial charge in [0.05, 0.1) is 11.2 Å². The van der Waals surface area contributed by atoms with Gasteiger partial charge < -0.3 is 4.40 Å². The Morgan fingerprint density at radius 2 is 2.19 bits per heavy atom. The van der Waals surface area contributed by atoms with Gasteiger partial charge in [-0.1, -0.05) is 0 Å². The summed E-state index contributed by atoms with van der Waals surface area (Å²) in [5, 5.41) is 0. The molecule has 0 N–H and O–H groups in total. The number of rotatable bonds is 2. The maximum atomic E-state index is 11.4. The van der Waals surface area contributed by atoms with E-state index < -0.39 is 0 Å². The lowest BCUT2D eigenvalue weighted by Gasteiger charge is -2.01. The van der Waals surface area contributed by atoms with Gasteiger partial charge in [0.25, 0.3) is 0 Å². The third-order valence-corrected chi connectivity index (χ3v) is 3.20. The Labute approximate surface area is 94.1 Å². The molecule has 82 valence electrons. The lowest BCUT2D eigenvalue weighted by atomic mass is 10.2. The van der Waals surface area contributed by atoms with Gasteiger partial charge in [-0.25, -0.2) is 4.98 Å². The summed E-state index contributed by atoms with van der Waals surface area (Å²) in [7, 11) is 0. The molecule has 1 aliphatic carbocycles. The van der Waals surface area contributed by atoms with Gasteiger partial charge >= 0.3 is 0 Å². The number of hydrogen-bond acceptors (Lipinski definition) is 2. The second-order valence-electron chi connectivity index (χ2n) is 4.56. The highest BCUT2D eigenvalue weighted by Crippen LogP contribution is 2.39. The Hall–Kier alpha value is -1.64. The van der Waals surface area contributed by atoms with Crippen LogP contribution in [0.5, 0.6) is 0 Å². The summed E-state index contributed by atoms with van der Waals surface area (Å²) >= 11 is 0. The van der Waals surface area contributed by atoms with Crippen molar-refractivity contribution in [1.29, 1.82) is 0 Å². The zero-order chi connectivity index (χ0) is 11.3. The first kappa shape index (κ1) is 9.58. The van der Waals surface area contributed by atoms with E-state index in [0.717, 1.165) is 22.6 Å². The maximum absolute atomic E-state index is 11.4. The molecule has 0 aromatic carbocycles. The lowest BCUT2D eigenvalue weighted by molar-refractivity contribution is 0.101. The van der Waals surface area contributed by atoms with Crippen LogP contribution in [-0.2, 0) is 0 Å². The van der Waals surface area contributed by atoms with Crippen molar-refractivity contribution < 1.29 is 4.79 Å². The number of carbonyl (C=O) groups is 1. The zero-order valence-corrected chi connectivity index (χ0v) is 9.53. The maximum Gasteiger partial charge on any atom is 0.161 e. The van der Waals surface area contributed by atoms with Crippen LogP contribution in [0.15, 0.2) is 18.3 Å². The van der Waals surface area contributed by atoms with E-state index in [4.69, 9.17) is 0 Å². The molecule has 3 heteroatoms.